The van der Waals surface area contributed by atoms with Gasteiger partial charge in [0.05, 0.1) is 10.6 Å². The summed E-state index contributed by atoms with van der Waals surface area (Å²) in [6.45, 7) is 0.970. The number of nitrogens with zero attached hydrogens (tertiary/aromatic N) is 1. The molecular formula is C16H17N3O3S. The summed E-state index contributed by atoms with van der Waals surface area (Å²) in [5, 5.41) is 2.78. The Labute approximate surface area is 138 Å². The lowest BCUT2D eigenvalue weighted by molar-refractivity contribution is -0.130. The summed E-state index contributed by atoms with van der Waals surface area (Å²) < 4.78 is 0. The first kappa shape index (κ1) is 15.6. The lowest BCUT2D eigenvalue weighted by Gasteiger charge is -2.30. The highest BCUT2D eigenvalue weighted by Crippen LogP contribution is 2.37. The van der Waals surface area contributed by atoms with Crippen LogP contribution in [-0.2, 0) is 14.4 Å². The lowest BCUT2D eigenvalue weighted by atomic mass is 9.96. The number of hydrogen-bond donors (Lipinski definition) is 2. The Kier molecular flexibility index (Phi) is 4.38. The largest absolute Gasteiger partial charge is 0.369 e. The molecule has 0 atom stereocenters. The summed E-state index contributed by atoms with van der Waals surface area (Å²) >= 11 is 1.29. The zero-order valence-corrected chi connectivity index (χ0v) is 13.3. The third kappa shape index (κ3) is 3.39. The Hall–Kier alpha value is -2.28. The number of carbonyl (C=O) groups is 3. The van der Waals surface area contributed by atoms with Crippen LogP contribution in [0.3, 0.4) is 0 Å². The number of rotatable bonds is 2. The number of carbonyl (C=O) groups excluding carboxylic acids is 3. The molecule has 1 aromatic carbocycles. The summed E-state index contributed by atoms with van der Waals surface area (Å²) in [5.41, 5.74) is 6.05. The van der Waals surface area contributed by atoms with E-state index in [4.69, 9.17) is 5.73 Å². The van der Waals surface area contributed by atoms with Crippen molar-refractivity contribution in [3.05, 3.63) is 35.2 Å². The van der Waals surface area contributed by atoms with Crippen LogP contribution < -0.4 is 11.1 Å². The number of hydrogen-bond acceptors (Lipinski definition) is 4. The van der Waals surface area contributed by atoms with Gasteiger partial charge >= 0.3 is 0 Å². The normalized spacial score (nSPS) is 20.1. The molecule has 0 bridgehead atoms. The van der Waals surface area contributed by atoms with Gasteiger partial charge in [-0.3, -0.25) is 14.4 Å². The van der Waals surface area contributed by atoms with E-state index in [2.05, 4.69) is 5.32 Å². The fourth-order valence-corrected chi connectivity index (χ4v) is 3.61. The molecule has 6 nitrogen and oxygen atoms in total. The molecule has 7 heteroatoms. The van der Waals surface area contributed by atoms with E-state index in [0.717, 1.165) is 10.6 Å². The molecule has 0 radical (unpaired) electrons. The Morgan fingerprint density at radius 1 is 1.26 bits per heavy atom. The minimum atomic E-state index is -0.311. The van der Waals surface area contributed by atoms with Crippen molar-refractivity contribution in [1.82, 2.24) is 4.90 Å². The van der Waals surface area contributed by atoms with E-state index in [-0.39, 0.29) is 23.6 Å². The molecule has 23 heavy (non-hydrogen) atoms. The number of piperidine rings is 1. The molecule has 1 aromatic rings. The van der Waals surface area contributed by atoms with Crippen LogP contribution in [0.1, 0.15) is 12.8 Å². The van der Waals surface area contributed by atoms with Gasteiger partial charge in [0.15, 0.2) is 0 Å². The van der Waals surface area contributed by atoms with Crippen molar-refractivity contribution >= 4 is 35.2 Å². The first-order valence-electron chi connectivity index (χ1n) is 7.43. The quantitative estimate of drug-likeness (QED) is 0.800. The molecular weight excluding hydrogens is 314 g/mol. The Balaban J connectivity index is 1.69. The third-order valence-corrected chi connectivity index (χ3v) is 5.14. The molecule has 2 aliphatic heterocycles. The number of anilines is 1. The van der Waals surface area contributed by atoms with Crippen molar-refractivity contribution in [2.24, 2.45) is 11.7 Å². The fraction of sp³-hybridized carbons (Fsp3) is 0.312. The second-order valence-corrected chi connectivity index (χ2v) is 6.65. The van der Waals surface area contributed by atoms with E-state index < -0.39 is 0 Å². The van der Waals surface area contributed by atoms with Gasteiger partial charge in [-0.05, 0) is 25.0 Å². The predicted molar refractivity (Wildman–Crippen MR) is 87.5 cm³/mol. The van der Waals surface area contributed by atoms with Crippen LogP contribution in [0, 0.1) is 5.92 Å². The van der Waals surface area contributed by atoms with Crippen molar-refractivity contribution in [1.29, 1.82) is 0 Å². The van der Waals surface area contributed by atoms with Gasteiger partial charge in [-0.25, -0.2) is 0 Å². The predicted octanol–water partition coefficient (Wildman–Crippen LogP) is 1.34. The average Bonchev–Trinajstić information content (AvgIpc) is 2.55. The number of amides is 3. The Morgan fingerprint density at radius 2 is 1.96 bits per heavy atom. The molecule has 0 spiro atoms. The van der Waals surface area contributed by atoms with Crippen LogP contribution in [0.25, 0.3) is 0 Å². The van der Waals surface area contributed by atoms with Crippen molar-refractivity contribution in [3.63, 3.8) is 0 Å². The summed E-state index contributed by atoms with van der Waals surface area (Å²) in [4.78, 5) is 38.5. The van der Waals surface area contributed by atoms with Crippen LogP contribution in [0.5, 0.6) is 0 Å². The van der Waals surface area contributed by atoms with Crippen LogP contribution in [0.15, 0.2) is 40.1 Å². The molecule has 120 valence electrons. The molecule has 1 fully saturated rings. The zero-order chi connectivity index (χ0) is 16.4. The van der Waals surface area contributed by atoms with Gasteiger partial charge in [-0.2, -0.15) is 0 Å². The summed E-state index contributed by atoms with van der Waals surface area (Å²) in [6, 6.07) is 7.46. The van der Waals surface area contributed by atoms with E-state index in [1.54, 1.807) is 4.90 Å². The van der Waals surface area contributed by atoms with Crippen molar-refractivity contribution < 1.29 is 14.4 Å². The Morgan fingerprint density at radius 3 is 2.65 bits per heavy atom. The van der Waals surface area contributed by atoms with E-state index >= 15 is 0 Å². The number of primary amides is 1. The van der Waals surface area contributed by atoms with Crippen LogP contribution in [-0.4, -0.2) is 35.7 Å². The number of thioether (sulfide) groups is 1. The molecule has 0 aromatic heterocycles. The molecule has 1 saturated heterocycles. The number of likely N-dealkylation sites (tertiary alicyclic amines) is 1. The SMILES string of the molecule is NC(=O)C1CCN(C(=O)/C=C2\Sc3ccccc3NC2=O)CC1. The molecule has 3 N–H and O–H groups in total. The van der Waals surface area contributed by atoms with E-state index in [9.17, 15) is 14.4 Å². The summed E-state index contributed by atoms with van der Waals surface area (Å²) in [7, 11) is 0. The van der Waals surface area contributed by atoms with Gasteiger partial charge in [0, 0.05) is 30.0 Å². The zero-order valence-electron chi connectivity index (χ0n) is 12.5. The topological polar surface area (TPSA) is 92.5 Å². The summed E-state index contributed by atoms with van der Waals surface area (Å²) in [5.74, 6) is -0.945. The second-order valence-electron chi connectivity index (χ2n) is 5.56. The standard InChI is InChI=1S/C16H17N3O3S/c17-15(21)10-5-7-19(8-6-10)14(20)9-13-16(22)18-11-3-1-2-4-12(11)23-13/h1-4,9-10H,5-8H2,(H2,17,21)(H,18,22)/b13-9-. The number of benzene rings is 1. The van der Waals surface area contributed by atoms with Gasteiger partial charge < -0.3 is 16.0 Å². The smallest absolute Gasteiger partial charge is 0.262 e. The van der Waals surface area contributed by atoms with Crippen LogP contribution >= 0.6 is 11.8 Å². The highest BCUT2D eigenvalue weighted by Gasteiger charge is 2.27. The molecule has 3 rings (SSSR count). The summed E-state index contributed by atoms with van der Waals surface area (Å²) in [6.07, 6.45) is 2.53. The first-order chi connectivity index (χ1) is 11.0. The molecule has 0 saturated carbocycles. The van der Waals surface area contributed by atoms with Gasteiger partial charge in [0.25, 0.3) is 5.91 Å². The maximum Gasteiger partial charge on any atom is 0.262 e. The molecule has 0 unspecified atom stereocenters. The maximum absolute atomic E-state index is 12.3. The van der Waals surface area contributed by atoms with Crippen LogP contribution in [0.4, 0.5) is 5.69 Å². The molecule has 0 aliphatic carbocycles. The molecule has 3 amide bonds. The second kappa shape index (κ2) is 6.45. The highest BCUT2D eigenvalue weighted by molar-refractivity contribution is 8.04. The number of para-hydroxylation sites is 1. The minimum Gasteiger partial charge on any atom is -0.369 e. The van der Waals surface area contributed by atoms with Crippen molar-refractivity contribution in [2.75, 3.05) is 18.4 Å². The highest BCUT2D eigenvalue weighted by atomic mass is 32.2. The number of nitrogens with one attached hydrogen (secondary N) is 1. The van der Waals surface area contributed by atoms with Gasteiger partial charge in [0.2, 0.25) is 11.8 Å². The van der Waals surface area contributed by atoms with Gasteiger partial charge in [0.1, 0.15) is 0 Å². The van der Waals surface area contributed by atoms with E-state index in [1.807, 2.05) is 24.3 Å². The van der Waals surface area contributed by atoms with Crippen LogP contribution in [0.2, 0.25) is 0 Å². The average molecular weight is 331 g/mol. The number of nitrogens with two attached hydrogens (primary N) is 1. The third-order valence-electron chi connectivity index (χ3n) is 4.04. The van der Waals surface area contributed by atoms with Gasteiger partial charge in [-0.15, -0.1) is 0 Å². The monoisotopic (exact) mass is 331 g/mol. The maximum atomic E-state index is 12.3. The minimum absolute atomic E-state index is 0.161. The van der Waals surface area contributed by atoms with E-state index in [0.29, 0.717) is 30.8 Å². The molecule has 2 aliphatic rings. The number of fused-ring (bicyclic) bond motifs is 1. The fourth-order valence-electron chi connectivity index (χ4n) is 2.69. The van der Waals surface area contributed by atoms with E-state index in [1.165, 1.54) is 17.8 Å². The Bertz CT molecular complexity index is 694. The lowest BCUT2D eigenvalue weighted by Crippen LogP contribution is -2.41. The molecule has 2 heterocycles. The van der Waals surface area contributed by atoms with Crippen molar-refractivity contribution in [2.45, 2.75) is 17.7 Å². The van der Waals surface area contributed by atoms with Crippen molar-refractivity contribution in [3.8, 4) is 0 Å². The van der Waals surface area contributed by atoms with Gasteiger partial charge in [-0.1, -0.05) is 23.9 Å². The first-order valence-corrected chi connectivity index (χ1v) is 8.24.